The molecule has 0 saturated heterocycles. The first-order valence-electron chi connectivity index (χ1n) is 7.25. The molecule has 1 aliphatic carbocycles. The van der Waals surface area contributed by atoms with Gasteiger partial charge in [-0.3, -0.25) is 4.79 Å². The van der Waals surface area contributed by atoms with Gasteiger partial charge in [-0.15, -0.1) is 0 Å². The lowest BCUT2D eigenvalue weighted by atomic mass is 10.2. The van der Waals surface area contributed by atoms with Crippen LogP contribution in [0.1, 0.15) is 36.7 Å². The average Bonchev–Trinajstić information content (AvgIpc) is 3.14. The van der Waals surface area contributed by atoms with Crippen molar-refractivity contribution in [2.75, 3.05) is 13.1 Å². The van der Waals surface area contributed by atoms with Crippen LogP contribution in [0.4, 0.5) is 0 Å². The number of halogens is 1. The molecule has 1 aromatic carbocycles. The summed E-state index contributed by atoms with van der Waals surface area (Å²) < 4.78 is 1.02. The summed E-state index contributed by atoms with van der Waals surface area (Å²) in [5.74, 6) is 0.857. The number of benzene rings is 1. The number of carbonyl (C=O) groups is 1. The summed E-state index contributed by atoms with van der Waals surface area (Å²) >= 11 is 3.46. The van der Waals surface area contributed by atoms with Crippen molar-refractivity contribution in [2.24, 2.45) is 5.92 Å². The molecule has 3 rings (SSSR count). The third-order valence-electron chi connectivity index (χ3n) is 3.77. The second kappa shape index (κ2) is 5.60. The molecule has 0 aliphatic heterocycles. The number of nitrogens with zero attached hydrogens (tertiary/aromatic N) is 1. The molecule has 1 aromatic heterocycles. The van der Waals surface area contributed by atoms with Gasteiger partial charge in [-0.05, 0) is 43.4 Å². The molecule has 1 saturated carbocycles. The van der Waals surface area contributed by atoms with Crippen molar-refractivity contribution in [3.63, 3.8) is 0 Å². The molecule has 1 fully saturated rings. The van der Waals surface area contributed by atoms with Crippen molar-refractivity contribution in [2.45, 2.75) is 26.2 Å². The Hall–Kier alpha value is -1.29. The van der Waals surface area contributed by atoms with E-state index >= 15 is 0 Å². The largest absolute Gasteiger partial charge is 0.350 e. The smallest absolute Gasteiger partial charge is 0.270 e. The van der Waals surface area contributed by atoms with Crippen molar-refractivity contribution < 1.29 is 4.79 Å². The lowest BCUT2D eigenvalue weighted by Gasteiger charge is -2.21. The molecule has 20 heavy (non-hydrogen) atoms. The minimum atomic E-state index is 0.131. The number of hydrogen-bond donors (Lipinski definition) is 1. The van der Waals surface area contributed by atoms with E-state index in [1.54, 1.807) is 0 Å². The van der Waals surface area contributed by atoms with E-state index in [0.717, 1.165) is 40.8 Å². The zero-order valence-corrected chi connectivity index (χ0v) is 13.2. The molecule has 0 bridgehead atoms. The van der Waals surface area contributed by atoms with Crippen LogP contribution in [0, 0.1) is 5.92 Å². The molecule has 0 atom stereocenters. The molecule has 1 aliphatic rings. The van der Waals surface area contributed by atoms with Crippen LogP contribution in [0.25, 0.3) is 10.9 Å². The number of amides is 1. The normalized spacial score (nSPS) is 14.7. The third-order valence-corrected chi connectivity index (χ3v) is 4.26. The molecular weight excluding hydrogens is 316 g/mol. The minimum absolute atomic E-state index is 0.131. The van der Waals surface area contributed by atoms with E-state index in [9.17, 15) is 4.79 Å². The van der Waals surface area contributed by atoms with Crippen LogP contribution in [0.2, 0.25) is 0 Å². The number of rotatable bonds is 5. The van der Waals surface area contributed by atoms with E-state index in [1.165, 1.54) is 12.8 Å². The quantitative estimate of drug-likeness (QED) is 0.874. The van der Waals surface area contributed by atoms with Crippen LogP contribution in [0.5, 0.6) is 0 Å². The summed E-state index contributed by atoms with van der Waals surface area (Å²) in [4.78, 5) is 17.9. The molecule has 1 amide bonds. The highest BCUT2D eigenvalue weighted by molar-refractivity contribution is 9.10. The minimum Gasteiger partial charge on any atom is -0.350 e. The zero-order valence-electron chi connectivity index (χ0n) is 11.7. The van der Waals surface area contributed by atoms with Crippen LogP contribution in [0.15, 0.2) is 28.7 Å². The van der Waals surface area contributed by atoms with E-state index in [4.69, 9.17) is 0 Å². The fraction of sp³-hybridized carbons (Fsp3) is 0.438. The maximum atomic E-state index is 12.6. The van der Waals surface area contributed by atoms with Crippen molar-refractivity contribution in [1.29, 1.82) is 0 Å². The van der Waals surface area contributed by atoms with Crippen LogP contribution in [-0.4, -0.2) is 28.9 Å². The fourth-order valence-corrected chi connectivity index (χ4v) is 2.90. The van der Waals surface area contributed by atoms with Crippen molar-refractivity contribution >= 4 is 32.7 Å². The van der Waals surface area contributed by atoms with Crippen LogP contribution >= 0.6 is 15.9 Å². The Labute approximate surface area is 127 Å². The Kier molecular flexibility index (Phi) is 3.83. The molecule has 1 heterocycles. The predicted octanol–water partition coefficient (Wildman–Crippen LogP) is 4.19. The van der Waals surface area contributed by atoms with Gasteiger partial charge < -0.3 is 9.88 Å². The van der Waals surface area contributed by atoms with Gasteiger partial charge in [-0.2, -0.15) is 0 Å². The molecule has 0 unspecified atom stereocenters. The van der Waals surface area contributed by atoms with Crippen LogP contribution < -0.4 is 0 Å². The number of H-pyrrole nitrogens is 1. The average molecular weight is 335 g/mol. The maximum Gasteiger partial charge on any atom is 0.270 e. The highest BCUT2D eigenvalue weighted by Gasteiger charge is 2.27. The molecule has 106 valence electrons. The lowest BCUT2D eigenvalue weighted by molar-refractivity contribution is 0.0743. The van der Waals surface area contributed by atoms with E-state index in [0.29, 0.717) is 5.69 Å². The maximum absolute atomic E-state index is 12.6. The Morgan fingerprint density at radius 2 is 2.20 bits per heavy atom. The summed E-state index contributed by atoms with van der Waals surface area (Å²) in [5.41, 5.74) is 1.71. The highest BCUT2D eigenvalue weighted by Crippen LogP contribution is 2.30. The van der Waals surface area contributed by atoms with E-state index in [1.807, 2.05) is 29.2 Å². The van der Waals surface area contributed by atoms with E-state index in [2.05, 4.69) is 27.8 Å². The first-order chi connectivity index (χ1) is 9.67. The first-order valence-corrected chi connectivity index (χ1v) is 8.04. The zero-order chi connectivity index (χ0) is 14.1. The van der Waals surface area contributed by atoms with Gasteiger partial charge >= 0.3 is 0 Å². The second-order valence-electron chi connectivity index (χ2n) is 5.61. The first kappa shape index (κ1) is 13.7. The molecular formula is C16H19BrN2O. The van der Waals surface area contributed by atoms with Gasteiger partial charge in [0, 0.05) is 28.5 Å². The monoisotopic (exact) mass is 334 g/mol. The van der Waals surface area contributed by atoms with Crippen molar-refractivity contribution in [3.8, 4) is 0 Å². The van der Waals surface area contributed by atoms with Gasteiger partial charge in [0.1, 0.15) is 5.69 Å². The predicted molar refractivity (Wildman–Crippen MR) is 84.9 cm³/mol. The summed E-state index contributed by atoms with van der Waals surface area (Å²) in [7, 11) is 0. The Balaban J connectivity index is 1.85. The van der Waals surface area contributed by atoms with Gasteiger partial charge in [-0.1, -0.05) is 28.9 Å². The van der Waals surface area contributed by atoms with Crippen LogP contribution in [0.3, 0.4) is 0 Å². The van der Waals surface area contributed by atoms with E-state index in [-0.39, 0.29) is 5.91 Å². The van der Waals surface area contributed by atoms with Crippen molar-refractivity contribution in [1.82, 2.24) is 9.88 Å². The van der Waals surface area contributed by atoms with Crippen molar-refractivity contribution in [3.05, 3.63) is 34.4 Å². The summed E-state index contributed by atoms with van der Waals surface area (Å²) in [6.07, 6.45) is 3.55. The topological polar surface area (TPSA) is 36.1 Å². The summed E-state index contributed by atoms with van der Waals surface area (Å²) in [6, 6.07) is 7.99. The molecule has 1 N–H and O–H groups in total. The summed E-state index contributed by atoms with van der Waals surface area (Å²) in [6.45, 7) is 3.87. The molecule has 2 aromatic rings. The number of fused-ring (bicyclic) bond motifs is 1. The third kappa shape index (κ3) is 2.90. The lowest BCUT2D eigenvalue weighted by Crippen LogP contribution is -2.33. The van der Waals surface area contributed by atoms with Crippen LogP contribution in [-0.2, 0) is 0 Å². The standard InChI is InChI=1S/C16H19BrN2O/c1-2-7-19(10-11-3-4-11)16(20)15-8-12-5-6-13(17)9-14(12)18-15/h5-6,8-9,11,18H,2-4,7,10H2,1H3. The SMILES string of the molecule is CCCN(CC1CC1)C(=O)c1cc2ccc(Br)cc2[nH]1. The molecule has 3 nitrogen and oxygen atoms in total. The number of hydrogen-bond acceptors (Lipinski definition) is 1. The van der Waals surface area contributed by atoms with Gasteiger partial charge in [-0.25, -0.2) is 0 Å². The van der Waals surface area contributed by atoms with Gasteiger partial charge in [0.05, 0.1) is 0 Å². The number of carbonyl (C=O) groups excluding carboxylic acids is 1. The highest BCUT2D eigenvalue weighted by atomic mass is 79.9. The molecule has 0 radical (unpaired) electrons. The number of nitrogens with one attached hydrogen (secondary N) is 1. The van der Waals surface area contributed by atoms with Gasteiger partial charge in [0.2, 0.25) is 0 Å². The summed E-state index contributed by atoms with van der Waals surface area (Å²) in [5, 5.41) is 1.08. The Bertz CT molecular complexity index is 630. The van der Waals surface area contributed by atoms with Gasteiger partial charge in [0.25, 0.3) is 5.91 Å². The van der Waals surface area contributed by atoms with Gasteiger partial charge in [0.15, 0.2) is 0 Å². The fourth-order valence-electron chi connectivity index (χ4n) is 2.54. The Morgan fingerprint density at radius 1 is 1.40 bits per heavy atom. The Morgan fingerprint density at radius 3 is 2.90 bits per heavy atom. The second-order valence-corrected chi connectivity index (χ2v) is 6.52. The molecule has 4 heteroatoms. The number of aromatic amines is 1. The van der Waals surface area contributed by atoms with E-state index < -0.39 is 0 Å². The molecule has 0 spiro atoms. The number of aromatic nitrogens is 1.